The number of nitrogens with one attached hydrogen (secondary N) is 1. The summed E-state index contributed by atoms with van der Waals surface area (Å²) >= 11 is 3.34. The van der Waals surface area contributed by atoms with Crippen molar-refractivity contribution in [2.24, 2.45) is 0 Å². The molecule has 3 rings (SSSR count). The molecule has 0 atom stereocenters. The van der Waals surface area contributed by atoms with Crippen LogP contribution in [0.1, 0.15) is 10.6 Å². The number of furan rings is 1. The van der Waals surface area contributed by atoms with Gasteiger partial charge >= 0.3 is 0 Å². The minimum atomic E-state index is -0.371. The molecule has 1 aromatic heterocycles. The number of benzene rings is 2. The molecule has 20 heavy (non-hydrogen) atoms. The second-order valence-electron chi connectivity index (χ2n) is 4.25. The highest BCUT2D eigenvalue weighted by molar-refractivity contribution is 9.10. The van der Waals surface area contributed by atoms with E-state index in [-0.39, 0.29) is 17.5 Å². The summed E-state index contributed by atoms with van der Waals surface area (Å²) in [4.78, 5) is 12.0. The molecule has 0 bridgehead atoms. The average molecular weight is 334 g/mol. The highest BCUT2D eigenvalue weighted by Crippen LogP contribution is 2.24. The van der Waals surface area contributed by atoms with Crippen LogP contribution < -0.4 is 5.32 Å². The number of halogens is 2. The SMILES string of the molecule is O=C(Nc1ccc(F)cc1)c1cc2ccc(Br)cc2o1. The van der Waals surface area contributed by atoms with Crippen LogP contribution in [0.4, 0.5) is 10.1 Å². The van der Waals surface area contributed by atoms with Crippen molar-refractivity contribution in [1.29, 1.82) is 0 Å². The first-order valence-electron chi connectivity index (χ1n) is 5.88. The van der Waals surface area contributed by atoms with Gasteiger partial charge in [-0.2, -0.15) is 0 Å². The van der Waals surface area contributed by atoms with Crippen molar-refractivity contribution in [1.82, 2.24) is 0 Å². The molecule has 5 heteroatoms. The van der Waals surface area contributed by atoms with E-state index in [0.29, 0.717) is 11.3 Å². The molecule has 1 amide bonds. The quantitative estimate of drug-likeness (QED) is 0.745. The molecule has 0 aliphatic carbocycles. The van der Waals surface area contributed by atoms with E-state index in [1.54, 1.807) is 12.1 Å². The predicted octanol–water partition coefficient (Wildman–Crippen LogP) is 4.59. The van der Waals surface area contributed by atoms with E-state index >= 15 is 0 Å². The van der Waals surface area contributed by atoms with E-state index in [4.69, 9.17) is 4.42 Å². The van der Waals surface area contributed by atoms with Crippen LogP contribution in [0.3, 0.4) is 0 Å². The van der Waals surface area contributed by atoms with E-state index in [2.05, 4.69) is 21.2 Å². The van der Waals surface area contributed by atoms with Crippen LogP contribution in [0.15, 0.2) is 57.4 Å². The molecule has 3 aromatic rings. The van der Waals surface area contributed by atoms with Gasteiger partial charge in [0, 0.05) is 15.5 Å². The molecule has 0 radical (unpaired) electrons. The smallest absolute Gasteiger partial charge is 0.291 e. The third-order valence-electron chi connectivity index (χ3n) is 2.81. The molecule has 100 valence electrons. The minimum Gasteiger partial charge on any atom is -0.451 e. The Labute approximate surface area is 122 Å². The maximum atomic E-state index is 12.8. The number of anilines is 1. The largest absolute Gasteiger partial charge is 0.451 e. The maximum Gasteiger partial charge on any atom is 0.291 e. The van der Waals surface area contributed by atoms with Crippen LogP contribution in [-0.2, 0) is 0 Å². The summed E-state index contributed by atoms with van der Waals surface area (Å²) in [5.41, 5.74) is 1.14. The molecule has 1 N–H and O–H groups in total. The first-order valence-corrected chi connectivity index (χ1v) is 6.67. The van der Waals surface area contributed by atoms with Gasteiger partial charge < -0.3 is 9.73 Å². The molecular formula is C15H9BrFNO2. The Balaban J connectivity index is 1.86. The number of fused-ring (bicyclic) bond motifs is 1. The van der Waals surface area contributed by atoms with Crippen LogP contribution in [0.2, 0.25) is 0 Å². The average Bonchev–Trinajstić information content (AvgIpc) is 2.84. The first kappa shape index (κ1) is 12.9. The Kier molecular flexibility index (Phi) is 3.28. The van der Waals surface area contributed by atoms with Gasteiger partial charge in [0.25, 0.3) is 5.91 Å². The van der Waals surface area contributed by atoms with Gasteiger partial charge in [0.15, 0.2) is 5.76 Å². The number of carbonyl (C=O) groups excluding carboxylic acids is 1. The Hall–Kier alpha value is -2.14. The van der Waals surface area contributed by atoms with Crippen molar-refractivity contribution < 1.29 is 13.6 Å². The molecule has 0 saturated carbocycles. The molecule has 2 aromatic carbocycles. The summed E-state index contributed by atoms with van der Waals surface area (Å²) in [6.45, 7) is 0. The lowest BCUT2D eigenvalue weighted by molar-refractivity contribution is 0.0998. The van der Waals surface area contributed by atoms with E-state index < -0.39 is 0 Å². The molecule has 1 heterocycles. The lowest BCUT2D eigenvalue weighted by atomic mass is 10.2. The molecule has 0 aliphatic heterocycles. The van der Waals surface area contributed by atoms with Crippen molar-refractivity contribution in [3.63, 3.8) is 0 Å². The van der Waals surface area contributed by atoms with E-state index in [1.807, 2.05) is 12.1 Å². The van der Waals surface area contributed by atoms with Crippen LogP contribution >= 0.6 is 15.9 Å². The lowest BCUT2D eigenvalue weighted by Crippen LogP contribution is -2.10. The van der Waals surface area contributed by atoms with Gasteiger partial charge in [-0.1, -0.05) is 15.9 Å². The molecule has 0 unspecified atom stereocenters. The van der Waals surface area contributed by atoms with Gasteiger partial charge in [0.2, 0.25) is 0 Å². The van der Waals surface area contributed by atoms with Gasteiger partial charge in [-0.3, -0.25) is 4.79 Å². The number of amides is 1. The predicted molar refractivity (Wildman–Crippen MR) is 78.3 cm³/mol. The van der Waals surface area contributed by atoms with Gasteiger partial charge in [0.1, 0.15) is 11.4 Å². The van der Waals surface area contributed by atoms with Crippen LogP contribution in [-0.4, -0.2) is 5.91 Å². The highest BCUT2D eigenvalue weighted by atomic mass is 79.9. The number of hydrogen-bond acceptors (Lipinski definition) is 2. The van der Waals surface area contributed by atoms with Crippen molar-refractivity contribution in [3.05, 3.63) is 64.6 Å². The summed E-state index contributed by atoms with van der Waals surface area (Å²) in [5.74, 6) is -0.511. The van der Waals surface area contributed by atoms with Gasteiger partial charge in [0.05, 0.1) is 0 Å². The van der Waals surface area contributed by atoms with Crippen molar-refractivity contribution in [2.75, 3.05) is 5.32 Å². The van der Waals surface area contributed by atoms with E-state index in [0.717, 1.165) is 9.86 Å². The normalized spacial score (nSPS) is 10.7. The van der Waals surface area contributed by atoms with Crippen molar-refractivity contribution in [3.8, 4) is 0 Å². The van der Waals surface area contributed by atoms with Crippen LogP contribution in [0.25, 0.3) is 11.0 Å². The van der Waals surface area contributed by atoms with Crippen molar-refractivity contribution in [2.45, 2.75) is 0 Å². The fourth-order valence-electron chi connectivity index (χ4n) is 1.84. The Morgan fingerprint density at radius 1 is 1.10 bits per heavy atom. The van der Waals surface area contributed by atoms with Gasteiger partial charge in [-0.05, 0) is 48.5 Å². The highest BCUT2D eigenvalue weighted by Gasteiger charge is 2.12. The standard InChI is InChI=1S/C15H9BrFNO2/c16-10-2-1-9-7-14(20-13(9)8-10)15(19)18-12-5-3-11(17)4-6-12/h1-8H,(H,18,19). The molecule has 0 aliphatic rings. The third kappa shape index (κ3) is 2.58. The zero-order chi connectivity index (χ0) is 14.1. The Morgan fingerprint density at radius 3 is 2.60 bits per heavy atom. The second kappa shape index (κ2) is 5.09. The zero-order valence-electron chi connectivity index (χ0n) is 10.2. The molecule has 0 spiro atoms. The van der Waals surface area contributed by atoms with Gasteiger partial charge in [-0.25, -0.2) is 4.39 Å². The molecule has 0 saturated heterocycles. The maximum absolute atomic E-state index is 12.8. The van der Waals surface area contributed by atoms with E-state index in [1.165, 1.54) is 24.3 Å². The minimum absolute atomic E-state index is 0.211. The number of rotatable bonds is 2. The number of carbonyl (C=O) groups is 1. The fourth-order valence-corrected chi connectivity index (χ4v) is 2.18. The summed E-state index contributed by atoms with van der Waals surface area (Å²) in [5, 5.41) is 3.49. The lowest BCUT2D eigenvalue weighted by Gasteiger charge is -2.02. The van der Waals surface area contributed by atoms with Gasteiger partial charge in [-0.15, -0.1) is 0 Å². The molecule has 3 nitrogen and oxygen atoms in total. The number of hydrogen-bond donors (Lipinski definition) is 1. The zero-order valence-corrected chi connectivity index (χ0v) is 11.8. The Bertz CT molecular complexity index is 780. The summed E-state index contributed by atoms with van der Waals surface area (Å²) in [7, 11) is 0. The topological polar surface area (TPSA) is 42.2 Å². The molecular weight excluding hydrogens is 325 g/mol. The second-order valence-corrected chi connectivity index (χ2v) is 5.17. The fraction of sp³-hybridized carbons (Fsp3) is 0. The van der Waals surface area contributed by atoms with Crippen LogP contribution in [0, 0.1) is 5.82 Å². The van der Waals surface area contributed by atoms with Crippen LogP contribution in [0.5, 0.6) is 0 Å². The Morgan fingerprint density at radius 2 is 1.85 bits per heavy atom. The third-order valence-corrected chi connectivity index (χ3v) is 3.30. The van der Waals surface area contributed by atoms with Crippen molar-refractivity contribution >= 4 is 38.5 Å². The summed E-state index contributed by atoms with van der Waals surface area (Å²) < 4.78 is 19.2. The monoisotopic (exact) mass is 333 g/mol. The van der Waals surface area contributed by atoms with E-state index in [9.17, 15) is 9.18 Å². The summed E-state index contributed by atoms with van der Waals surface area (Å²) in [6, 6.07) is 12.7. The summed E-state index contributed by atoms with van der Waals surface area (Å²) in [6.07, 6.45) is 0. The first-order chi connectivity index (χ1) is 9.61. The molecule has 0 fully saturated rings.